The van der Waals surface area contributed by atoms with Gasteiger partial charge in [-0.3, -0.25) is 4.79 Å². The smallest absolute Gasteiger partial charge is 0.274 e. The molecule has 0 N–H and O–H groups in total. The lowest BCUT2D eigenvalue weighted by molar-refractivity contribution is 0.0502. The van der Waals surface area contributed by atoms with Gasteiger partial charge in [0.1, 0.15) is 12.4 Å². The second-order valence-electron chi connectivity index (χ2n) is 8.13. The average molecular weight is 463 g/mol. The van der Waals surface area contributed by atoms with E-state index in [2.05, 4.69) is 10.1 Å². The summed E-state index contributed by atoms with van der Waals surface area (Å²) in [5.74, 6) is 1.73. The second kappa shape index (κ2) is 9.96. The molecule has 0 spiro atoms. The third-order valence-corrected chi connectivity index (χ3v) is 5.74. The van der Waals surface area contributed by atoms with E-state index in [0.29, 0.717) is 41.7 Å². The molecule has 1 aliphatic heterocycles. The van der Waals surface area contributed by atoms with Gasteiger partial charge in [-0.25, -0.2) is 9.50 Å². The van der Waals surface area contributed by atoms with Crippen LogP contribution in [0.5, 0.6) is 11.5 Å². The molecule has 1 fully saturated rings. The van der Waals surface area contributed by atoms with Crippen LogP contribution in [0.3, 0.4) is 0 Å². The zero-order chi connectivity index (χ0) is 23.3. The van der Waals surface area contributed by atoms with Crippen LogP contribution in [0.2, 0.25) is 0 Å². The number of benzene rings is 1. The van der Waals surface area contributed by atoms with Crippen molar-refractivity contribution < 1.29 is 23.4 Å². The van der Waals surface area contributed by atoms with Crippen LogP contribution in [0.25, 0.3) is 5.65 Å². The number of furan rings is 1. The maximum absolute atomic E-state index is 13.5. The number of rotatable bonds is 9. The first-order valence-corrected chi connectivity index (χ1v) is 11.2. The molecule has 1 aliphatic rings. The molecule has 0 saturated carbocycles. The van der Waals surface area contributed by atoms with E-state index in [1.807, 2.05) is 30.3 Å². The Morgan fingerprint density at radius 1 is 1.24 bits per heavy atom. The molecule has 3 aromatic heterocycles. The summed E-state index contributed by atoms with van der Waals surface area (Å²) in [6, 6.07) is 12.8. The fraction of sp³-hybridized carbons (Fsp3) is 0.320. The molecule has 1 amide bonds. The van der Waals surface area contributed by atoms with Crippen molar-refractivity contribution >= 4 is 11.6 Å². The van der Waals surface area contributed by atoms with Gasteiger partial charge in [0.25, 0.3) is 5.91 Å². The number of hydrogen-bond acceptors (Lipinski definition) is 7. The van der Waals surface area contributed by atoms with E-state index in [4.69, 9.17) is 18.6 Å². The van der Waals surface area contributed by atoms with E-state index in [-0.39, 0.29) is 18.6 Å². The first-order valence-electron chi connectivity index (χ1n) is 11.2. The van der Waals surface area contributed by atoms with Crippen molar-refractivity contribution in [1.82, 2.24) is 19.5 Å². The number of amides is 1. The molecule has 1 unspecified atom stereocenters. The number of carbonyl (C=O) groups is 1. The summed E-state index contributed by atoms with van der Waals surface area (Å²) in [5.41, 5.74) is 1.88. The third-order valence-electron chi connectivity index (χ3n) is 5.74. The van der Waals surface area contributed by atoms with Crippen LogP contribution in [-0.4, -0.2) is 51.8 Å². The molecule has 0 aliphatic carbocycles. The Hall–Kier alpha value is -3.85. The van der Waals surface area contributed by atoms with Crippen LogP contribution >= 0.6 is 0 Å². The van der Waals surface area contributed by atoms with Gasteiger partial charge in [0.05, 0.1) is 19.5 Å². The molecule has 4 aromatic rings. The van der Waals surface area contributed by atoms with Gasteiger partial charge in [-0.1, -0.05) is 6.07 Å². The van der Waals surface area contributed by atoms with Gasteiger partial charge < -0.3 is 23.5 Å². The number of methoxy groups -OCH3 is 1. The van der Waals surface area contributed by atoms with Crippen molar-refractivity contribution in [2.45, 2.75) is 32.1 Å². The molecule has 34 heavy (non-hydrogen) atoms. The number of hydrogen-bond donors (Lipinski definition) is 0. The van der Waals surface area contributed by atoms with Crippen molar-refractivity contribution in [3.8, 4) is 11.5 Å². The molecule has 0 bridgehead atoms. The molecular formula is C25H26N4O5. The summed E-state index contributed by atoms with van der Waals surface area (Å²) in [5, 5.41) is 4.42. The van der Waals surface area contributed by atoms with Gasteiger partial charge >= 0.3 is 0 Å². The molecule has 9 heteroatoms. The van der Waals surface area contributed by atoms with E-state index in [9.17, 15) is 4.79 Å². The lowest BCUT2D eigenvalue weighted by atomic mass is 10.1. The first-order chi connectivity index (χ1) is 16.7. The molecular weight excluding hydrogens is 436 g/mol. The number of ether oxygens (including phenoxy) is 3. The number of nitrogens with zero attached hydrogens (tertiary/aromatic N) is 4. The lowest BCUT2D eigenvalue weighted by Crippen LogP contribution is -2.37. The SMILES string of the molecule is COc1ccc(CN(CC2CCCO2)C(=O)c2cc3ncccn3n2)cc1OCc1ccco1. The largest absolute Gasteiger partial charge is 0.493 e. The molecule has 1 saturated heterocycles. The van der Waals surface area contributed by atoms with Crippen molar-refractivity contribution in [3.63, 3.8) is 0 Å². The van der Waals surface area contributed by atoms with Crippen molar-refractivity contribution in [1.29, 1.82) is 0 Å². The minimum Gasteiger partial charge on any atom is -0.493 e. The number of fused-ring (bicyclic) bond motifs is 1. The van der Waals surface area contributed by atoms with Crippen molar-refractivity contribution in [2.24, 2.45) is 0 Å². The highest BCUT2D eigenvalue weighted by Crippen LogP contribution is 2.30. The standard InChI is InChI=1S/C25H26N4O5/c1-31-22-8-7-18(13-23(22)34-17-20-6-3-12-33-20)15-28(16-19-5-2-11-32-19)25(30)21-14-24-26-9-4-10-29(24)27-21/h3-4,6-10,12-14,19H,2,5,11,15-17H2,1H3. The highest BCUT2D eigenvalue weighted by molar-refractivity contribution is 5.93. The molecule has 9 nitrogen and oxygen atoms in total. The minimum absolute atomic E-state index is 0.00651. The Kier molecular flexibility index (Phi) is 6.44. The minimum atomic E-state index is -0.171. The van der Waals surface area contributed by atoms with Gasteiger partial charge in [-0.15, -0.1) is 0 Å². The van der Waals surface area contributed by atoms with Crippen LogP contribution in [-0.2, 0) is 17.9 Å². The summed E-state index contributed by atoms with van der Waals surface area (Å²) < 4.78 is 24.2. The second-order valence-corrected chi connectivity index (χ2v) is 8.13. The third kappa shape index (κ3) is 4.89. The Morgan fingerprint density at radius 3 is 2.94 bits per heavy atom. The quantitative estimate of drug-likeness (QED) is 0.374. The van der Waals surface area contributed by atoms with Crippen LogP contribution < -0.4 is 9.47 Å². The topological polar surface area (TPSA) is 91.3 Å². The van der Waals surface area contributed by atoms with E-state index in [1.165, 1.54) is 0 Å². The molecule has 4 heterocycles. The predicted molar refractivity (Wildman–Crippen MR) is 123 cm³/mol. The molecule has 1 atom stereocenters. The maximum Gasteiger partial charge on any atom is 0.274 e. The van der Waals surface area contributed by atoms with Gasteiger partial charge in [0.2, 0.25) is 0 Å². The molecule has 176 valence electrons. The number of carbonyl (C=O) groups excluding carboxylic acids is 1. The number of aromatic nitrogens is 3. The fourth-order valence-electron chi connectivity index (χ4n) is 4.05. The van der Waals surface area contributed by atoms with Crippen LogP contribution in [0.1, 0.15) is 34.7 Å². The summed E-state index contributed by atoms with van der Waals surface area (Å²) >= 11 is 0. The van der Waals surface area contributed by atoms with E-state index in [0.717, 1.165) is 25.0 Å². The van der Waals surface area contributed by atoms with Crippen molar-refractivity contribution in [3.05, 3.63) is 78.1 Å². The van der Waals surface area contributed by atoms with Crippen LogP contribution in [0, 0.1) is 0 Å². The Labute approximate surface area is 196 Å². The first kappa shape index (κ1) is 22.0. The highest BCUT2D eigenvalue weighted by Gasteiger charge is 2.26. The van der Waals surface area contributed by atoms with Gasteiger partial charge in [0, 0.05) is 38.2 Å². The highest BCUT2D eigenvalue weighted by atomic mass is 16.5. The van der Waals surface area contributed by atoms with Gasteiger partial charge in [0.15, 0.2) is 22.8 Å². The summed E-state index contributed by atoms with van der Waals surface area (Å²) in [6.45, 7) is 1.85. The maximum atomic E-state index is 13.5. The Balaban J connectivity index is 1.38. The van der Waals surface area contributed by atoms with E-state index < -0.39 is 0 Å². The Bertz CT molecular complexity index is 1210. The molecule has 5 rings (SSSR count). The van der Waals surface area contributed by atoms with Crippen LogP contribution in [0.15, 0.2) is 65.5 Å². The predicted octanol–water partition coefficient (Wildman–Crippen LogP) is 3.73. The van der Waals surface area contributed by atoms with E-state index >= 15 is 0 Å². The summed E-state index contributed by atoms with van der Waals surface area (Å²) in [7, 11) is 1.60. The molecule has 1 aromatic carbocycles. The summed E-state index contributed by atoms with van der Waals surface area (Å²) in [6.07, 6.45) is 6.99. The van der Waals surface area contributed by atoms with Crippen LogP contribution in [0.4, 0.5) is 0 Å². The molecule has 0 radical (unpaired) electrons. The van der Waals surface area contributed by atoms with Gasteiger partial charge in [-0.05, 0) is 48.7 Å². The van der Waals surface area contributed by atoms with Gasteiger partial charge in [-0.2, -0.15) is 5.10 Å². The Morgan fingerprint density at radius 2 is 2.18 bits per heavy atom. The van der Waals surface area contributed by atoms with E-state index in [1.54, 1.807) is 47.3 Å². The normalized spacial score (nSPS) is 15.5. The monoisotopic (exact) mass is 462 g/mol. The average Bonchev–Trinajstić information content (AvgIpc) is 3.64. The van der Waals surface area contributed by atoms with Crippen molar-refractivity contribution in [2.75, 3.05) is 20.3 Å². The zero-order valence-electron chi connectivity index (χ0n) is 18.9. The summed E-state index contributed by atoms with van der Waals surface area (Å²) in [4.78, 5) is 19.5. The fourth-order valence-corrected chi connectivity index (χ4v) is 4.05. The lowest BCUT2D eigenvalue weighted by Gasteiger charge is -2.25. The zero-order valence-corrected chi connectivity index (χ0v) is 18.9.